The number of para-hydroxylation sites is 1. The number of carbonyl (C=O) groups excluding carboxylic acids is 3. The maximum atomic E-state index is 12.6. The van der Waals surface area contributed by atoms with Crippen LogP contribution in [-0.2, 0) is 20.8 Å². The molecule has 3 amide bonds. The first-order valence-corrected chi connectivity index (χ1v) is 9.90. The minimum atomic E-state index is -0.333. The van der Waals surface area contributed by atoms with Crippen LogP contribution in [0.4, 0.5) is 5.69 Å². The quantitative estimate of drug-likeness (QED) is 0.814. The third kappa shape index (κ3) is 3.70. The second-order valence-corrected chi connectivity index (χ2v) is 7.63. The van der Waals surface area contributed by atoms with Crippen LogP contribution in [-0.4, -0.2) is 29.2 Å². The van der Waals surface area contributed by atoms with E-state index in [9.17, 15) is 14.4 Å². The van der Waals surface area contributed by atoms with Crippen LogP contribution in [0.25, 0.3) is 0 Å². The van der Waals surface area contributed by atoms with Crippen LogP contribution < -0.4 is 5.32 Å². The summed E-state index contributed by atoms with van der Waals surface area (Å²) in [4.78, 5) is 38.9. The number of nitrogens with zero attached hydrogens (tertiary/aromatic N) is 1. The van der Waals surface area contributed by atoms with Gasteiger partial charge in [-0.2, -0.15) is 0 Å². The first kappa shape index (κ1) is 18.4. The highest BCUT2D eigenvalue weighted by Gasteiger charge is 2.48. The van der Waals surface area contributed by atoms with E-state index < -0.39 is 0 Å². The number of fused-ring (bicyclic) bond motifs is 1. The van der Waals surface area contributed by atoms with Crippen LogP contribution >= 0.6 is 0 Å². The number of amides is 3. The first-order valence-electron chi connectivity index (χ1n) is 9.90. The molecule has 0 bridgehead atoms. The molecule has 1 N–H and O–H groups in total. The second-order valence-electron chi connectivity index (χ2n) is 7.63. The highest BCUT2D eigenvalue weighted by Crippen LogP contribution is 2.37. The number of nitrogens with one attached hydrogen (secondary N) is 1. The van der Waals surface area contributed by atoms with Crippen molar-refractivity contribution in [1.29, 1.82) is 0 Å². The minimum Gasteiger partial charge on any atom is -0.324 e. The average Bonchev–Trinajstić information content (AvgIpc) is 2.95. The molecule has 0 radical (unpaired) electrons. The lowest BCUT2D eigenvalue weighted by molar-refractivity contribution is -0.142. The van der Waals surface area contributed by atoms with Gasteiger partial charge in [0.2, 0.25) is 17.7 Å². The molecule has 0 aromatic heterocycles. The molecule has 5 nitrogen and oxygen atoms in total. The molecule has 28 heavy (non-hydrogen) atoms. The number of anilines is 1. The van der Waals surface area contributed by atoms with Crippen molar-refractivity contribution >= 4 is 23.4 Å². The van der Waals surface area contributed by atoms with Gasteiger partial charge in [-0.15, -0.1) is 0 Å². The van der Waals surface area contributed by atoms with Crippen LogP contribution in [0.15, 0.2) is 54.6 Å². The van der Waals surface area contributed by atoms with Crippen LogP contribution in [0.5, 0.6) is 0 Å². The number of hydrogen-bond acceptors (Lipinski definition) is 3. The van der Waals surface area contributed by atoms with Gasteiger partial charge in [0.15, 0.2) is 0 Å². The van der Waals surface area contributed by atoms with Gasteiger partial charge >= 0.3 is 0 Å². The van der Waals surface area contributed by atoms with E-state index in [1.165, 1.54) is 0 Å². The zero-order valence-corrected chi connectivity index (χ0v) is 15.8. The highest BCUT2D eigenvalue weighted by molar-refractivity contribution is 6.08. The van der Waals surface area contributed by atoms with Gasteiger partial charge in [-0.05, 0) is 36.5 Å². The monoisotopic (exact) mass is 376 g/mol. The molecule has 1 aliphatic carbocycles. The number of likely N-dealkylation sites (tertiary alicyclic amines) is 1. The summed E-state index contributed by atoms with van der Waals surface area (Å²) in [6.07, 6.45) is 4.17. The standard InChI is InChI=1S/C23H24N2O3/c26-21(15-25-22(27)18-11-5-6-12-19(18)23(25)28)24-20-13-7-4-10-17(20)14-16-8-2-1-3-9-16/h1-4,7-10,13,18-19H,5-6,11-12,14-15H2,(H,24,26). The van der Waals surface area contributed by atoms with Gasteiger partial charge in [-0.25, -0.2) is 0 Å². The van der Waals surface area contributed by atoms with Gasteiger partial charge < -0.3 is 5.32 Å². The van der Waals surface area contributed by atoms with Crippen molar-refractivity contribution in [1.82, 2.24) is 4.90 Å². The lowest BCUT2D eigenvalue weighted by atomic mass is 9.81. The van der Waals surface area contributed by atoms with Gasteiger partial charge in [-0.3, -0.25) is 19.3 Å². The molecule has 2 fully saturated rings. The molecule has 2 atom stereocenters. The molecular weight excluding hydrogens is 352 g/mol. The van der Waals surface area contributed by atoms with Crippen molar-refractivity contribution < 1.29 is 14.4 Å². The summed E-state index contributed by atoms with van der Waals surface area (Å²) in [5.41, 5.74) is 2.86. The Labute approximate surface area is 164 Å². The molecular formula is C23H24N2O3. The molecule has 5 heteroatoms. The number of imide groups is 1. The average molecular weight is 376 g/mol. The molecule has 1 saturated carbocycles. The number of benzene rings is 2. The van der Waals surface area contributed by atoms with Gasteiger partial charge in [0, 0.05) is 5.69 Å². The maximum Gasteiger partial charge on any atom is 0.244 e. The van der Waals surface area contributed by atoms with Crippen molar-refractivity contribution in [2.24, 2.45) is 11.8 Å². The third-order valence-electron chi connectivity index (χ3n) is 5.76. The predicted molar refractivity (Wildman–Crippen MR) is 106 cm³/mol. The van der Waals surface area contributed by atoms with Crippen molar-refractivity contribution in [2.75, 3.05) is 11.9 Å². The maximum absolute atomic E-state index is 12.6. The largest absolute Gasteiger partial charge is 0.324 e. The summed E-state index contributed by atoms with van der Waals surface area (Å²) in [6, 6.07) is 17.7. The predicted octanol–water partition coefficient (Wildman–Crippen LogP) is 3.39. The molecule has 0 spiro atoms. The topological polar surface area (TPSA) is 66.5 Å². The Kier molecular flexibility index (Phi) is 5.24. The Morgan fingerprint density at radius 1 is 0.893 bits per heavy atom. The van der Waals surface area contributed by atoms with Gasteiger partial charge in [0.05, 0.1) is 11.8 Å². The van der Waals surface area contributed by atoms with E-state index >= 15 is 0 Å². The summed E-state index contributed by atoms with van der Waals surface area (Å²) in [7, 11) is 0. The van der Waals surface area contributed by atoms with E-state index in [1.807, 2.05) is 54.6 Å². The fourth-order valence-corrected chi connectivity index (χ4v) is 4.33. The van der Waals surface area contributed by atoms with E-state index in [-0.39, 0.29) is 36.1 Å². The SMILES string of the molecule is O=C(CN1C(=O)C2CCCCC2C1=O)Nc1ccccc1Cc1ccccc1. The summed E-state index contributed by atoms with van der Waals surface area (Å²) >= 11 is 0. The van der Waals surface area contributed by atoms with Crippen molar-refractivity contribution in [3.63, 3.8) is 0 Å². The summed E-state index contributed by atoms with van der Waals surface area (Å²) < 4.78 is 0. The Balaban J connectivity index is 1.44. The lowest BCUT2D eigenvalue weighted by Crippen LogP contribution is -2.38. The van der Waals surface area contributed by atoms with Crippen LogP contribution in [0.3, 0.4) is 0 Å². The molecule has 144 valence electrons. The van der Waals surface area contributed by atoms with Crippen molar-refractivity contribution in [2.45, 2.75) is 32.1 Å². The molecule has 2 aromatic rings. The number of rotatable bonds is 5. The molecule has 1 aliphatic heterocycles. The zero-order chi connectivity index (χ0) is 19.5. The molecule has 2 unspecified atom stereocenters. The van der Waals surface area contributed by atoms with Gasteiger partial charge in [-0.1, -0.05) is 61.4 Å². The van der Waals surface area contributed by atoms with E-state index in [0.717, 1.165) is 41.7 Å². The molecule has 1 heterocycles. The van der Waals surface area contributed by atoms with Crippen LogP contribution in [0, 0.1) is 11.8 Å². The Bertz CT molecular complexity index is 870. The molecule has 2 aromatic carbocycles. The fraction of sp³-hybridized carbons (Fsp3) is 0.348. The zero-order valence-electron chi connectivity index (χ0n) is 15.8. The van der Waals surface area contributed by atoms with Gasteiger partial charge in [0.1, 0.15) is 6.54 Å². The van der Waals surface area contributed by atoms with E-state index in [1.54, 1.807) is 0 Å². The van der Waals surface area contributed by atoms with Crippen molar-refractivity contribution in [3.8, 4) is 0 Å². The highest BCUT2D eigenvalue weighted by atomic mass is 16.2. The summed E-state index contributed by atoms with van der Waals surface area (Å²) in [5, 5.41) is 2.90. The van der Waals surface area contributed by atoms with Gasteiger partial charge in [0.25, 0.3) is 0 Å². The smallest absolute Gasteiger partial charge is 0.244 e. The normalized spacial score (nSPS) is 21.5. The van der Waals surface area contributed by atoms with E-state index in [0.29, 0.717) is 12.1 Å². The summed E-state index contributed by atoms with van der Waals surface area (Å²) in [5.74, 6) is -1.13. The van der Waals surface area contributed by atoms with Crippen LogP contribution in [0.1, 0.15) is 36.8 Å². The minimum absolute atomic E-state index is 0.178. The molecule has 2 aliphatic rings. The van der Waals surface area contributed by atoms with E-state index in [4.69, 9.17) is 0 Å². The van der Waals surface area contributed by atoms with Crippen LogP contribution in [0.2, 0.25) is 0 Å². The number of carbonyl (C=O) groups is 3. The first-order chi connectivity index (χ1) is 13.6. The fourth-order valence-electron chi connectivity index (χ4n) is 4.33. The Morgan fingerprint density at radius 2 is 1.50 bits per heavy atom. The summed E-state index contributed by atoms with van der Waals surface area (Å²) in [6.45, 7) is -0.204. The third-order valence-corrected chi connectivity index (χ3v) is 5.76. The van der Waals surface area contributed by atoms with E-state index in [2.05, 4.69) is 5.32 Å². The molecule has 4 rings (SSSR count). The Hall–Kier alpha value is -2.95. The van der Waals surface area contributed by atoms with Crippen molar-refractivity contribution in [3.05, 3.63) is 65.7 Å². The molecule has 1 saturated heterocycles. The Morgan fingerprint density at radius 3 is 2.18 bits per heavy atom. The lowest BCUT2D eigenvalue weighted by Gasteiger charge is -2.19. The second kappa shape index (κ2) is 7.97. The number of hydrogen-bond donors (Lipinski definition) is 1.